The molecule has 7 nitrogen and oxygen atoms in total. The minimum absolute atomic E-state index is 0.00796. The Morgan fingerprint density at radius 2 is 2.10 bits per heavy atom. The van der Waals surface area contributed by atoms with E-state index >= 15 is 0 Å². The number of aliphatic hydroxyl groups is 2. The first-order chi connectivity index (χ1) is 9.60. The summed E-state index contributed by atoms with van der Waals surface area (Å²) in [6, 6.07) is 0.00796. The molecule has 0 amide bonds. The number of nitrogens with two attached hydrogens (primary N) is 1. The highest BCUT2D eigenvalue weighted by molar-refractivity contribution is 5.81. The molecule has 7 heteroatoms. The van der Waals surface area contributed by atoms with Crippen LogP contribution in [0.15, 0.2) is 24.3 Å². The summed E-state index contributed by atoms with van der Waals surface area (Å²) in [6.07, 6.45) is 5.65. The summed E-state index contributed by atoms with van der Waals surface area (Å²) in [6.45, 7) is 1.82. The lowest BCUT2D eigenvalue weighted by atomic mass is 9.89. The summed E-state index contributed by atoms with van der Waals surface area (Å²) >= 11 is 0. The van der Waals surface area contributed by atoms with Crippen molar-refractivity contribution in [2.45, 2.75) is 19.4 Å². The van der Waals surface area contributed by atoms with E-state index in [-0.39, 0.29) is 19.3 Å². The average molecular weight is 275 g/mol. The van der Waals surface area contributed by atoms with Crippen LogP contribution in [0.2, 0.25) is 0 Å². The fraction of sp³-hybridized carbons (Fsp3) is 0.462. The van der Waals surface area contributed by atoms with Crippen LogP contribution in [0.1, 0.15) is 19.4 Å². The van der Waals surface area contributed by atoms with Crippen LogP contribution < -0.4 is 5.73 Å². The third kappa shape index (κ3) is 1.78. The van der Waals surface area contributed by atoms with E-state index in [9.17, 15) is 10.2 Å². The number of hydrogen-bond donors (Lipinski definition) is 3. The second kappa shape index (κ2) is 4.53. The molecule has 0 aliphatic heterocycles. The summed E-state index contributed by atoms with van der Waals surface area (Å²) in [7, 11) is 0. The predicted octanol–water partition coefficient (Wildman–Crippen LogP) is 0.271. The lowest BCUT2D eigenvalue weighted by Gasteiger charge is -2.24. The molecular formula is C13H17N5O2. The van der Waals surface area contributed by atoms with Gasteiger partial charge in [-0.25, -0.2) is 15.0 Å². The van der Waals surface area contributed by atoms with Crippen LogP contribution in [0.5, 0.6) is 0 Å². The van der Waals surface area contributed by atoms with Crippen LogP contribution >= 0.6 is 0 Å². The molecule has 2 heterocycles. The number of fused-ring (bicyclic) bond motifs is 1. The zero-order valence-corrected chi connectivity index (χ0v) is 11.2. The van der Waals surface area contributed by atoms with Gasteiger partial charge in [-0.05, 0) is 13.3 Å². The van der Waals surface area contributed by atoms with Crippen LogP contribution in [0.4, 0.5) is 5.82 Å². The van der Waals surface area contributed by atoms with E-state index in [2.05, 4.69) is 15.0 Å². The maximum Gasteiger partial charge on any atom is 0.165 e. The molecule has 0 fully saturated rings. The van der Waals surface area contributed by atoms with Crippen LogP contribution in [0, 0.1) is 5.41 Å². The summed E-state index contributed by atoms with van der Waals surface area (Å²) in [4.78, 5) is 12.4. The molecule has 0 radical (unpaired) electrons. The largest absolute Gasteiger partial charge is 0.395 e. The van der Waals surface area contributed by atoms with Crippen molar-refractivity contribution in [3.63, 3.8) is 0 Å². The number of nitrogen functional groups attached to an aromatic ring is 1. The van der Waals surface area contributed by atoms with Crippen molar-refractivity contribution in [2.24, 2.45) is 5.41 Å². The Balaban J connectivity index is 2.05. The summed E-state index contributed by atoms with van der Waals surface area (Å²) < 4.78 is 1.92. The third-order valence-corrected chi connectivity index (χ3v) is 4.01. The smallest absolute Gasteiger partial charge is 0.165 e. The van der Waals surface area contributed by atoms with Crippen molar-refractivity contribution >= 4 is 17.0 Å². The van der Waals surface area contributed by atoms with Crippen molar-refractivity contribution < 1.29 is 10.2 Å². The SMILES string of the molecule is CC1=CC(CO)(CO)C[C@H]1n1cnc2c(N)ncnc21. The number of imidazole rings is 1. The van der Waals surface area contributed by atoms with Gasteiger partial charge in [-0.2, -0.15) is 0 Å². The number of rotatable bonds is 3. The second-order valence-electron chi connectivity index (χ2n) is 5.37. The molecule has 1 atom stereocenters. The van der Waals surface area contributed by atoms with Gasteiger partial charge in [0.2, 0.25) is 0 Å². The highest BCUT2D eigenvalue weighted by Gasteiger charge is 2.38. The molecule has 0 saturated heterocycles. The molecule has 1 aliphatic carbocycles. The maximum absolute atomic E-state index is 9.53. The Morgan fingerprint density at radius 3 is 2.75 bits per heavy atom. The van der Waals surface area contributed by atoms with Crippen LogP contribution in [0.25, 0.3) is 11.2 Å². The Kier molecular flexibility index (Phi) is 2.95. The Hall–Kier alpha value is -1.99. The van der Waals surface area contributed by atoms with E-state index < -0.39 is 5.41 Å². The van der Waals surface area contributed by atoms with E-state index in [1.165, 1.54) is 6.33 Å². The lowest BCUT2D eigenvalue weighted by Crippen LogP contribution is -2.26. The van der Waals surface area contributed by atoms with Gasteiger partial charge < -0.3 is 20.5 Å². The number of allylic oxidation sites excluding steroid dienone is 1. The molecule has 3 rings (SSSR count). The summed E-state index contributed by atoms with van der Waals surface area (Å²) in [5.41, 5.74) is 7.52. The first-order valence-electron chi connectivity index (χ1n) is 6.44. The highest BCUT2D eigenvalue weighted by Crippen LogP contribution is 2.43. The molecule has 0 unspecified atom stereocenters. The van der Waals surface area contributed by atoms with Gasteiger partial charge >= 0.3 is 0 Å². The monoisotopic (exact) mass is 275 g/mol. The van der Waals surface area contributed by atoms with Crippen molar-refractivity contribution in [3.8, 4) is 0 Å². The number of nitrogens with zero attached hydrogens (tertiary/aromatic N) is 4. The van der Waals surface area contributed by atoms with Crippen LogP contribution in [-0.4, -0.2) is 42.9 Å². The van der Waals surface area contributed by atoms with Crippen molar-refractivity contribution in [3.05, 3.63) is 24.3 Å². The number of aromatic nitrogens is 4. The van der Waals surface area contributed by atoms with Crippen molar-refractivity contribution in [1.82, 2.24) is 19.5 Å². The van der Waals surface area contributed by atoms with Gasteiger partial charge in [0, 0.05) is 5.41 Å². The zero-order chi connectivity index (χ0) is 14.3. The molecule has 0 spiro atoms. The van der Waals surface area contributed by atoms with E-state index in [4.69, 9.17) is 5.73 Å². The predicted molar refractivity (Wildman–Crippen MR) is 73.8 cm³/mol. The topological polar surface area (TPSA) is 110 Å². The summed E-state index contributed by atoms with van der Waals surface area (Å²) in [5.74, 6) is 0.351. The molecule has 106 valence electrons. The summed E-state index contributed by atoms with van der Waals surface area (Å²) in [5, 5.41) is 19.1. The second-order valence-corrected chi connectivity index (χ2v) is 5.37. The fourth-order valence-electron chi connectivity index (χ4n) is 2.87. The first-order valence-corrected chi connectivity index (χ1v) is 6.44. The minimum atomic E-state index is -0.579. The van der Waals surface area contributed by atoms with Crippen LogP contribution in [-0.2, 0) is 0 Å². The van der Waals surface area contributed by atoms with Gasteiger partial charge in [-0.15, -0.1) is 0 Å². The highest BCUT2D eigenvalue weighted by atomic mass is 16.3. The standard InChI is InChI=1S/C13H17N5O2/c1-8-2-13(4-19,5-20)3-9(8)18-7-17-10-11(14)15-6-16-12(10)18/h2,6-7,9,19-20H,3-5H2,1H3,(H2,14,15,16)/t9-/m1/s1. The molecule has 2 aromatic heterocycles. The van der Waals surface area contributed by atoms with Crippen molar-refractivity contribution in [2.75, 3.05) is 18.9 Å². The Labute approximate surface area is 115 Å². The quantitative estimate of drug-likeness (QED) is 0.694. The lowest BCUT2D eigenvalue weighted by molar-refractivity contribution is 0.0870. The molecule has 2 aromatic rings. The zero-order valence-electron chi connectivity index (χ0n) is 11.2. The molecule has 0 saturated carbocycles. The van der Waals surface area contributed by atoms with Crippen LogP contribution in [0.3, 0.4) is 0 Å². The van der Waals surface area contributed by atoms with E-state index in [0.29, 0.717) is 23.4 Å². The third-order valence-electron chi connectivity index (χ3n) is 4.01. The van der Waals surface area contributed by atoms with E-state index in [1.807, 2.05) is 17.6 Å². The van der Waals surface area contributed by atoms with Gasteiger partial charge in [0.05, 0.1) is 25.6 Å². The molecule has 4 N–H and O–H groups in total. The molecule has 0 aromatic carbocycles. The molecule has 20 heavy (non-hydrogen) atoms. The molecule has 0 bridgehead atoms. The van der Waals surface area contributed by atoms with Gasteiger partial charge in [0.15, 0.2) is 11.5 Å². The number of anilines is 1. The molecule has 1 aliphatic rings. The van der Waals surface area contributed by atoms with Gasteiger partial charge in [-0.3, -0.25) is 0 Å². The van der Waals surface area contributed by atoms with Gasteiger partial charge in [-0.1, -0.05) is 11.6 Å². The normalized spacial score (nSPS) is 21.4. The fourth-order valence-corrected chi connectivity index (χ4v) is 2.87. The Morgan fingerprint density at radius 1 is 1.35 bits per heavy atom. The van der Waals surface area contributed by atoms with E-state index in [0.717, 1.165) is 5.57 Å². The molecular weight excluding hydrogens is 258 g/mol. The van der Waals surface area contributed by atoms with Gasteiger partial charge in [0.1, 0.15) is 11.8 Å². The minimum Gasteiger partial charge on any atom is -0.395 e. The number of aliphatic hydroxyl groups excluding tert-OH is 2. The van der Waals surface area contributed by atoms with Gasteiger partial charge in [0.25, 0.3) is 0 Å². The van der Waals surface area contributed by atoms with E-state index in [1.54, 1.807) is 6.33 Å². The Bertz CT molecular complexity index is 674. The number of hydrogen-bond acceptors (Lipinski definition) is 6. The maximum atomic E-state index is 9.53. The van der Waals surface area contributed by atoms with Crippen molar-refractivity contribution in [1.29, 1.82) is 0 Å². The average Bonchev–Trinajstić information content (AvgIpc) is 3.01. The first kappa shape index (κ1) is 13.0.